The van der Waals surface area contributed by atoms with Crippen LogP contribution in [0.2, 0.25) is 0 Å². The second kappa shape index (κ2) is 7.78. The summed E-state index contributed by atoms with van der Waals surface area (Å²) in [4.78, 5) is 16.6. The molecule has 1 aromatic carbocycles. The van der Waals surface area contributed by atoms with Crippen molar-refractivity contribution in [3.63, 3.8) is 0 Å². The number of nitrogens with zero attached hydrogens (tertiary/aromatic N) is 3. The van der Waals surface area contributed by atoms with Gasteiger partial charge in [-0.05, 0) is 30.5 Å². The van der Waals surface area contributed by atoms with E-state index in [1.807, 2.05) is 23.1 Å². The Bertz CT molecular complexity index is 619. The van der Waals surface area contributed by atoms with E-state index >= 15 is 0 Å². The van der Waals surface area contributed by atoms with Crippen LogP contribution in [0.4, 0.5) is 0 Å². The van der Waals surface area contributed by atoms with Gasteiger partial charge in [0.2, 0.25) is 5.91 Å². The summed E-state index contributed by atoms with van der Waals surface area (Å²) in [6.45, 7) is 3.12. The van der Waals surface area contributed by atoms with Crippen molar-refractivity contribution in [1.82, 2.24) is 9.80 Å². The first-order valence-electron chi connectivity index (χ1n) is 8.84. The summed E-state index contributed by atoms with van der Waals surface area (Å²) in [5.74, 6) is 0.385. The van der Waals surface area contributed by atoms with Crippen molar-refractivity contribution >= 4 is 5.91 Å². The number of aliphatic hydroxyl groups excluding tert-OH is 1. The highest BCUT2D eigenvalue weighted by atomic mass is 16.3. The highest BCUT2D eigenvalue weighted by Crippen LogP contribution is 2.27. The van der Waals surface area contributed by atoms with E-state index in [0.29, 0.717) is 31.7 Å². The van der Waals surface area contributed by atoms with Crippen LogP contribution >= 0.6 is 0 Å². The molecular weight excluding hydrogens is 302 g/mol. The van der Waals surface area contributed by atoms with E-state index in [-0.39, 0.29) is 11.8 Å². The van der Waals surface area contributed by atoms with E-state index < -0.39 is 6.10 Å². The van der Waals surface area contributed by atoms with E-state index in [1.165, 1.54) is 0 Å². The maximum Gasteiger partial charge on any atom is 0.225 e. The number of aliphatic hydroxyl groups is 1. The predicted octanol–water partition coefficient (Wildman–Crippen LogP) is 1.75. The first-order chi connectivity index (χ1) is 11.7. The molecular formula is C19H25N3O2. The van der Waals surface area contributed by atoms with E-state index in [2.05, 4.69) is 11.0 Å². The Balaban J connectivity index is 1.61. The van der Waals surface area contributed by atoms with Gasteiger partial charge < -0.3 is 10.0 Å². The quantitative estimate of drug-likeness (QED) is 0.918. The summed E-state index contributed by atoms with van der Waals surface area (Å²) < 4.78 is 0. The van der Waals surface area contributed by atoms with Crippen LogP contribution in [0, 0.1) is 17.2 Å². The number of hydrogen-bond acceptors (Lipinski definition) is 4. The first kappa shape index (κ1) is 16.9. The number of amides is 1. The number of benzene rings is 1. The molecule has 3 rings (SSSR count). The Labute approximate surface area is 143 Å². The average Bonchev–Trinajstić information content (AvgIpc) is 3.06. The molecule has 1 aromatic rings. The SMILES string of the molecule is N#Cc1cccc(CN2CCN(C(=O)C3CCCC3)C[C@@H](O)C2)c1. The zero-order chi connectivity index (χ0) is 16.9. The smallest absolute Gasteiger partial charge is 0.225 e. The third-order valence-electron chi connectivity index (χ3n) is 5.06. The molecule has 1 aliphatic carbocycles. The van der Waals surface area contributed by atoms with Crippen LogP contribution in [0.3, 0.4) is 0 Å². The van der Waals surface area contributed by atoms with Gasteiger partial charge in [0.15, 0.2) is 0 Å². The number of nitriles is 1. The number of carbonyl (C=O) groups is 1. The molecule has 1 saturated heterocycles. The Morgan fingerprint density at radius 2 is 2.04 bits per heavy atom. The summed E-state index contributed by atoms with van der Waals surface area (Å²) in [6, 6.07) is 9.73. The van der Waals surface area contributed by atoms with Gasteiger partial charge in [0.25, 0.3) is 0 Å². The fourth-order valence-electron chi connectivity index (χ4n) is 3.83. The minimum atomic E-state index is -0.517. The first-order valence-corrected chi connectivity index (χ1v) is 8.84. The van der Waals surface area contributed by atoms with Crippen LogP contribution in [0.25, 0.3) is 0 Å². The van der Waals surface area contributed by atoms with Gasteiger partial charge in [0.1, 0.15) is 0 Å². The lowest BCUT2D eigenvalue weighted by Gasteiger charge is -2.25. The Morgan fingerprint density at radius 1 is 1.25 bits per heavy atom. The highest BCUT2D eigenvalue weighted by molar-refractivity contribution is 5.79. The molecule has 5 nitrogen and oxygen atoms in total. The van der Waals surface area contributed by atoms with Crippen LogP contribution in [0.15, 0.2) is 24.3 Å². The van der Waals surface area contributed by atoms with E-state index in [0.717, 1.165) is 37.8 Å². The summed E-state index contributed by atoms with van der Waals surface area (Å²) in [5.41, 5.74) is 1.72. The lowest BCUT2D eigenvalue weighted by Crippen LogP contribution is -2.40. The lowest BCUT2D eigenvalue weighted by atomic mass is 10.1. The zero-order valence-electron chi connectivity index (χ0n) is 14.0. The van der Waals surface area contributed by atoms with Crippen LogP contribution in [0.5, 0.6) is 0 Å². The van der Waals surface area contributed by atoms with E-state index in [9.17, 15) is 9.90 Å². The van der Waals surface area contributed by atoms with Gasteiger partial charge in [0, 0.05) is 38.6 Å². The molecule has 0 radical (unpaired) electrons. The zero-order valence-corrected chi connectivity index (χ0v) is 14.0. The van der Waals surface area contributed by atoms with Gasteiger partial charge in [-0.2, -0.15) is 5.26 Å². The average molecular weight is 327 g/mol. The van der Waals surface area contributed by atoms with Gasteiger partial charge >= 0.3 is 0 Å². The Hall–Kier alpha value is -1.90. The standard InChI is InChI=1S/C19H25N3O2/c20-11-15-4-3-5-16(10-15)12-21-8-9-22(14-18(23)13-21)19(24)17-6-1-2-7-17/h3-5,10,17-18,23H,1-2,6-9,12-14H2/t18-/m0/s1. The number of β-amino-alcohol motifs (C(OH)–C–C–N with tert-alkyl or cyclic N) is 1. The van der Waals surface area contributed by atoms with Gasteiger partial charge in [-0.25, -0.2) is 0 Å². The summed E-state index contributed by atoms with van der Waals surface area (Å²) >= 11 is 0. The third kappa shape index (κ3) is 4.14. The normalized spacial score (nSPS) is 23.0. The molecule has 1 atom stereocenters. The highest BCUT2D eigenvalue weighted by Gasteiger charge is 2.30. The molecule has 24 heavy (non-hydrogen) atoms. The molecule has 0 bridgehead atoms. The molecule has 1 amide bonds. The van der Waals surface area contributed by atoms with E-state index in [1.54, 1.807) is 6.07 Å². The molecule has 0 unspecified atom stereocenters. The lowest BCUT2D eigenvalue weighted by molar-refractivity contribution is -0.136. The summed E-state index contributed by atoms with van der Waals surface area (Å²) in [6.07, 6.45) is 3.77. The second-order valence-corrected chi connectivity index (χ2v) is 6.97. The maximum atomic E-state index is 12.6. The predicted molar refractivity (Wildman–Crippen MR) is 91.0 cm³/mol. The second-order valence-electron chi connectivity index (χ2n) is 6.97. The Kier molecular flexibility index (Phi) is 5.49. The van der Waals surface area contributed by atoms with Crippen LogP contribution < -0.4 is 0 Å². The molecule has 2 aliphatic rings. The number of rotatable bonds is 3. The van der Waals surface area contributed by atoms with Crippen LogP contribution in [-0.2, 0) is 11.3 Å². The molecule has 5 heteroatoms. The van der Waals surface area contributed by atoms with Crippen molar-refractivity contribution in [3.05, 3.63) is 35.4 Å². The van der Waals surface area contributed by atoms with Gasteiger partial charge in [-0.1, -0.05) is 25.0 Å². The summed E-state index contributed by atoms with van der Waals surface area (Å²) in [7, 11) is 0. The van der Waals surface area contributed by atoms with Gasteiger partial charge in [-0.15, -0.1) is 0 Å². The molecule has 1 aliphatic heterocycles. The van der Waals surface area contributed by atoms with Crippen molar-refractivity contribution in [2.45, 2.75) is 38.3 Å². The monoisotopic (exact) mass is 327 g/mol. The summed E-state index contributed by atoms with van der Waals surface area (Å²) in [5, 5.41) is 19.3. The molecule has 1 saturated carbocycles. The van der Waals surface area contributed by atoms with Gasteiger partial charge in [0.05, 0.1) is 17.7 Å². The van der Waals surface area contributed by atoms with Gasteiger partial charge in [-0.3, -0.25) is 9.69 Å². The minimum absolute atomic E-state index is 0.163. The third-order valence-corrected chi connectivity index (χ3v) is 5.06. The molecule has 128 valence electrons. The molecule has 0 aromatic heterocycles. The van der Waals surface area contributed by atoms with Crippen molar-refractivity contribution < 1.29 is 9.90 Å². The van der Waals surface area contributed by atoms with Crippen molar-refractivity contribution in [2.24, 2.45) is 5.92 Å². The molecule has 0 spiro atoms. The van der Waals surface area contributed by atoms with Crippen LogP contribution in [-0.4, -0.2) is 53.1 Å². The molecule has 1 heterocycles. The maximum absolute atomic E-state index is 12.6. The van der Waals surface area contributed by atoms with Crippen molar-refractivity contribution in [3.8, 4) is 6.07 Å². The molecule has 1 N–H and O–H groups in total. The number of hydrogen-bond donors (Lipinski definition) is 1. The van der Waals surface area contributed by atoms with E-state index in [4.69, 9.17) is 5.26 Å². The fraction of sp³-hybridized carbons (Fsp3) is 0.579. The molecule has 2 fully saturated rings. The minimum Gasteiger partial charge on any atom is -0.390 e. The van der Waals surface area contributed by atoms with Crippen LogP contribution in [0.1, 0.15) is 36.8 Å². The van der Waals surface area contributed by atoms with Crippen molar-refractivity contribution in [1.29, 1.82) is 5.26 Å². The Morgan fingerprint density at radius 3 is 2.79 bits per heavy atom. The largest absolute Gasteiger partial charge is 0.390 e. The number of carbonyl (C=O) groups excluding carboxylic acids is 1. The fourth-order valence-corrected chi connectivity index (χ4v) is 3.83. The van der Waals surface area contributed by atoms with Crippen molar-refractivity contribution in [2.75, 3.05) is 26.2 Å². The topological polar surface area (TPSA) is 67.6 Å².